The number of nitrogens with one attached hydrogen (secondary N) is 2. The molecule has 1 amide bonds. The molecular weight excluding hydrogens is 230 g/mol. The second-order valence-corrected chi connectivity index (χ2v) is 5.19. The van der Waals surface area contributed by atoms with E-state index in [1.54, 1.807) is 6.20 Å². The molecule has 0 radical (unpaired) electrons. The zero-order valence-corrected chi connectivity index (χ0v) is 11.0. The van der Waals surface area contributed by atoms with E-state index in [4.69, 9.17) is 4.74 Å². The summed E-state index contributed by atoms with van der Waals surface area (Å²) in [6.45, 7) is 7.32. The highest BCUT2D eigenvalue weighted by Gasteiger charge is 2.18. The Morgan fingerprint density at radius 2 is 2.11 bits per heavy atom. The minimum Gasteiger partial charge on any atom is -0.444 e. The highest BCUT2D eigenvalue weighted by atomic mass is 16.6. The molecule has 2 rings (SSSR count). The van der Waals surface area contributed by atoms with Gasteiger partial charge in [-0.2, -0.15) is 0 Å². The van der Waals surface area contributed by atoms with Crippen molar-refractivity contribution in [2.75, 3.05) is 5.32 Å². The Hall–Kier alpha value is -2.04. The van der Waals surface area contributed by atoms with Gasteiger partial charge in [0.2, 0.25) is 0 Å². The van der Waals surface area contributed by atoms with Crippen LogP contribution in [0.25, 0.3) is 5.70 Å². The van der Waals surface area contributed by atoms with E-state index in [1.165, 1.54) is 0 Å². The predicted octanol–water partition coefficient (Wildman–Crippen LogP) is 2.64. The molecule has 5 heteroatoms. The fraction of sp³-hybridized carbons (Fsp3) is 0.385. The molecule has 0 saturated heterocycles. The van der Waals surface area contributed by atoms with Crippen LogP contribution in [-0.2, 0) is 4.74 Å². The van der Waals surface area contributed by atoms with Crippen molar-refractivity contribution in [3.63, 3.8) is 0 Å². The van der Waals surface area contributed by atoms with Crippen molar-refractivity contribution in [2.24, 2.45) is 0 Å². The van der Waals surface area contributed by atoms with Gasteiger partial charge in [0.05, 0.1) is 17.1 Å². The van der Waals surface area contributed by atoms with Crippen LogP contribution in [0.2, 0.25) is 0 Å². The molecule has 2 heterocycles. The van der Waals surface area contributed by atoms with E-state index in [1.807, 2.05) is 40.0 Å². The maximum Gasteiger partial charge on any atom is 0.412 e. The molecule has 96 valence electrons. The molecule has 1 aromatic rings. The molecule has 1 aromatic heterocycles. The number of amides is 1. The maximum atomic E-state index is 11.7. The number of rotatable bonds is 2. The molecule has 0 unspecified atom stereocenters. The Bertz CT molecular complexity index is 515. The lowest BCUT2D eigenvalue weighted by Gasteiger charge is -2.20. The second-order valence-electron chi connectivity index (χ2n) is 5.19. The lowest BCUT2D eigenvalue weighted by molar-refractivity contribution is 0.0635. The molecule has 0 atom stereocenters. The van der Waals surface area contributed by atoms with Crippen molar-refractivity contribution < 1.29 is 9.53 Å². The Morgan fingerprint density at radius 3 is 2.67 bits per heavy atom. The summed E-state index contributed by atoms with van der Waals surface area (Å²) >= 11 is 0. The zero-order chi connectivity index (χ0) is 13.3. The summed E-state index contributed by atoms with van der Waals surface area (Å²) in [6, 6.07) is 1.87. The van der Waals surface area contributed by atoms with Crippen LogP contribution in [0.4, 0.5) is 10.5 Å². The number of hydrogen-bond acceptors (Lipinski definition) is 4. The highest BCUT2D eigenvalue weighted by Crippen LogP contribution is 2.23. The number of hydrogen-bond donors (Lipinski definition) is 2. The van der Waals surface area contributed by atoms with Gasteiger partial charge in [-0.15, -0.1) is 0 Å². The fourth-order valence-corrected chi connectivity index (χ4v) is 1.42. The lowest BCUT2D eigenvalue weighted by atomic mass is 10.2. The van der Waals surface area contributed by atoms with Gasteiger partial charge in [-0.05, 0) is 33.8 Å². The summed E-state index contributed by atoms with van der Waals surface area (Å²) in [5.41, 5.74) is 2.88. The van der Waals surface area contributed by atoms with Crippen LogP contribution in [0, 0.1) is 6.92 Å². The topological polar surface area (TPSA) is 73.2 Å². The number of ether oxygens (including phenoxy) is 1. The first-order valence-electron chi connectivity index (χ1n) is 5.79. The molecule has 1 aliphatic rings. The van der Waals surface area contributed by atoms with Crippen LogP contribution in [0.5, 0.6) is 0 Å². The minimum atomic E-state index is -0.510. The molecule has 0 saturated carbocycles. The summed E-state index contributed by atoms with van der Waals surface area (Å²) in [5.74, 6) is 0. The van der Waals surface area contributed by atoms with Crippen LogP contribution in [0.1, 0.15) is 32.0 Å². The number of pyridine rings is 1. The molecule has 1 aliphatic heterocycles. The third kappa shape index (κ3) is 3.23. The molecule has 0 aliphatic carbocycles. The Labute approximate surface area is 106 Å². The number of aromatic nitrogens is 1. The standard InChI is InChI=1S/C13H17N3O2/c1-8-10(16-12(17)18-13(2,3)4)5-9(6-14-8)11-7-15-11/h5-7,15H,1-4H3,(H,16,17). The molecule has 18 heavy (non-hydrogen) atoms. The average molecular weight is 247 g/mol. The first kappa shape index (κ1) is 12.4. The first-order chi connectivity index (χ1) is 8.35. The van der Waals surface area contributed by atoms with Crippen LogP contribution >= 0.6 is 0 Å². The smallest absolute Gasteiger partial charge is 0.412 e. The number of nitrogens with zero attached hydrogens (tertiary/aromatic N) is 1. The van der Waals surface area contributed by atoms with E-state index >= 15 is 0 Å². The fourth-order valence-electron chi connectivity index (χ4n) is 1.42. The molecular formula is C13H17N3O2. The zero-order valence-electron chi connectivity index (χ0n) is 11.0. The summed E-state index contributed by atoms with van der Waals surface area (Å²) in [7, 11) is 0. The lowest BCUT2D eigenvalue weighted by Crippen LogP contribution is -2.27. The summed E-state index contributed by atoms with van der Waals surface area (Å²) in [6.07, 6.45) is 3.17. The van der Waals surface area contributed by atoms with Crippen LogP contribution in [0.15, 0.2) is 18.5 Å². The number of anilines is 1. The van der Waals surface area contributed by atoms with Crippen LogP contribution in [-0.4, -0.2) is 16.7 Å². The molecule has 0 bridgehead atoms. The monoisotopic (exact) mass is 247 g/mol. The van der Waals surface area contributed by atoms with Gasteiger partial charge in [-0.25, -0.2) is 4.79 Å². The molecule has 2 N–H and O–H groups in total. The van der Waals surface area contributed by atoms with Gasteiger partial charge < -0.3 is 10.1 Å². The van der Waals surface area contributed by atoms with E-state index < -0.39 is 11.7 Å². The third-order valence-electron chi connectivity index (χ3n) is 2.32. The Balaban J connectivity index is 2.10. The van der Waals surface area contributed by atoms with Crippen LogP contribution < -0.4 is 10.6 Å². The summed E-state index contributed by atoms with van der Waals surface area (Å²) in [5, 5.41) is 5.71. The van der Waals surface area contributed by atoms with Gasteiger partial charge >= 0.3 is 6.09 Å². The largest absolute Gasteiger partial charge is 0.444 e. The first-order valence-corrected chi connectivity index (χ1v) is 5.79. The van der Waals surface area contributed by atoms with Gasteiger partial charge in [0.15, 0.2) is 0 Å². The Morgan fingerprint density at radius 1 is 1.44 bits per heavy atom. The molecule has 0 fully saturated rings. The normalized spacial score (nSPS) is 13.4. The van der Waals surface area contributed by atoms with Gasteiger partial charge in [0, 0.05) is 18.0 Å². The van der Waals surface area contributed by atoms with Gasteiger partial charge in [-0.3, -0.25) is 10.3 Å². The highest BCUT2D eigenvalue weighted by molar-refractivity contribution is 5.87. The number of carbonyl (C=O) groups excluding carboxylic acids is 1. The number of aryl methyl sites for hydroxylation is 1. The minimum absolute atomic E-state index is 0.470. The van der Waals surface area contributed by atoms with E-state index in [0.29, 0.717) is 5.69 Å². The predicted molar refractivity (Wildman–Crippen MR) is 69.9 cm³/mol. The van der Waals surface area contributed by atoms with Crippen LogP contribution in [0.3, 0.4) is 0 Å². The van der Waals surface area contributed by atoms with E-state index in [-0.39, 0.29) is 0 Å². The third-order valence-corrected chi connectivity index (χ3v) is 2.32. The van der Waals surface area contributed by atoms with Crippen molar-refractivity contribution in [1.82, 2.24) is 10.3 Å². The van der Waals surface area contributed by atoms with Crippen molar-refractivity contribution in [3.8, 4) is 0 Å². The van der Waals surface area contributed by atoms with Crippen molar-refractivity contribution in [3.05, 3.63) is 29.7 Å². The van der Waals surface area contributed by atoms with Crippen molar-refractivity contribution >= 4 is 17.5 Å². The molecule has 0 aromatic carbocycles. The summed E-state index contributed by atoms with van der Waals surface area (Å²) in [4.78, 5) is 15.9. The van der Waals surface area contributed by atoms with Gasteiger partial charge in [-0.1, -0.05) is 0 Å². The second kappa shape index (κ2) is 4.33. The molecule has 0 spiro atoms. The molecule has 5 nitrogen and oxygen atoms in total. The quantitative estimate of drug-likeness (QED) is 0.842. The van der Waals surface area contributed by atoms with E-state index in [0.717, 1.165) is 17.0 Å². The van der Waals surface area contributed by atoms with Gasteiger partial charge in [0.25, 0.3) is 0 Å². The van der Waals surface area contributed by atoms with Crippen molar-refractivity contribution in [1.29, 1.82) is 0 Å². The van der Waals surface area contributed by atoms with Gasteiger partial charge in [0.1, 0.15) is 5.60 Å². The SMILES string of the molecule is Cc1ncc(C2=CN2)cc1NC(=O)OC(C)(C)C. The van der Waals surface area contributed by atoms with Crippen molar-refractivity contribution in [2.45, 2.75) is 33.3 Å². The number of carbonyl (C=O) groups is 1. The average Bonchev–Trinajstić information content (AvgIpc) is 3.01. The summed E-state index contributed by atoms with van der Waals surface area (Å²) < 4.78 is 5.20. The maximum absolute atomic E-state index is 11.7. The Kier molecular flexibility index (Phi) is 2.98. The van der Waals surface area contributed by atoms with E-state index in [9.17, 15) is 4.79 Å². The van der Waals surface area contributed by atoms with E-state index in [2.05, 4.69) is 15.6 Å².